The molecule has 282 valence electrons. The molecule has 2 aliphatic heterocycles. The van der Waals surface area contributed by atoms with Crippen molar-refractivity contribution in [1.82, 2.24) is 0 Å². The van der Waals surface area contributed by atoms with Crippen molar-refractivity contribution < 1.29 is 0 Å². The number of hydrogen-bond donors (Lipinski definition) is 0. The van der Waals surface area contributed by atoms with Gasteiger partial charge in [0.25, 0.3) is 0 Å². The van der Waals surface area contributed by atoms with E-state index in [9.17, 15) is 0 Å². The highest BCUT2D eigenvalue weighted by Crippen LogP contribution is 2.59. The number of anilines is 4. The first-order chi connectivity index (χ1) is 29.1. The Labute approximate surface area is 353 Å². The van der Waals surface area contributed by atoms with Gasteiger partial charge >= 0.3 is 0 Å². The summed E-state index contributed by atoms with van der Waals surface area (Å²) in [6, 6.07) is 62.6. The lowest BCUT2D eigenvalue weighted by Gasteiger charge is -2.42. The molecule has 0 amide bonds. The predicted octanol–water partition coefficient (Wildman–Crippen LogP) is 15.2. The summed E-state index contributed by atoms with van der Waals surface area (Å²) in [6.45, 7) is 2.44. The van der Waals surface area contributed by atoms with Crippen LogP contribution in [-0.4, -0.2) is 10.8 Å². The van der Waals surface area contributed by atoms with Crippen LogP contribution in [0.15, 0.2) is 217 Å². The summed E-state index contributed by atoms with van der Waals surface area (Å²) >= 11 is 3.94. The zero-order valence-corrected chi connectivity index (χ0v) is 34.2. The average Bonchev–Trinajstić information content (AvgIpc) is 3.95. The van der Waals surface area contributed by atoms with Crippen molar-refractivity contribution in [3.05, 3.63) is 229 Å². The highest BCUT2D eigenvalue weighted by molar-refractivity contribution is 8.01. The maximum Gasteiger partial charge on any atom is 0.0732 e. The van der Waals surface area contributed by atoms with Crippen molar-refractivity contribution in [2.45, 2.75) is 34.4 Å². The lowest BCUT2D eigenvalue weighted by atomic mass is 9.79. The molecule has 4 atom stereocenters. The zero-order chi connectivity index (χ0) is 39.1. The Morgan fingerprint density at radius 2 is 1.32 bits per heavy atom. The fraction of sp³-hybridized carbons (Fsp3) is 0.0909. The number of fused-ring (bicyclic) bond motifs is 10. The van der Waals surface area contributed by atoms with Crippen molar-refractivity contribution in [2.75, 3.05) is 9.80 Å². The van der Waals surface area contributed by atoms with Gasteiger partial charge in [0.15, 0.2) is 0 Å². The molecule has 2 nitrogen and oxygen atoms in total. The number of allylic oxidation sites excluding steroid dienone is 4. The monoisotopic (exact) mass is 792 g/mol. The van der Waals surface area contributed by atoms with Crippen LogP contribution >= 0.6 is 23.1 Å². The molecule has 2 aliphatic carbocycles. The van der Waals surface area contributed by atoms with E-state index in [0.29, 0.717) is 11.2 Å². The predicted molar refractivity (Wildman–Crippen MR) is 253 cm³/mol. The molecule has 0 radical (unpaired) electrons. The lowest BCUT2D eigenvalue weighted by molar-refractivity contribution is 0.539. The summed E-state index contributed by atoms with van der Waals surface area (Å²) in [6.07, 6.45) is 14.4. The first-order valence-corrected chi connectivity index (χ1v) is 22.2. The molecule has 12 rings (SSSR count). The Morgan fingerprint density at radius 3 is 2.14 bits per heavy atom. The number of rotatable bonds is 6. The molecule has 0 saturated carbocycles. The average molecular weight is 793 g/mol. The molecule has 1 aromatic heterocycles. The molecule has 4 aliphatic rings. The van der Waals surface area contributed by atoms with Crippen LogP contribution in [0.4, 0.5) is 22.7 Å². The highest BCUT2D eigenvalue weighted by Gasteiger charge is 2.49. The number of benzene rings is 7. The molecule has 59 heavy (non-hydrogen) atoms. The van der Waals surface area contributed by atoms with E-state index in [0.717, 1.165) is 17.1 Å². The van der Waals surface area contributed by atoms with Crippen molar-refractivity contribution in [1.29, 1.82) is 0 Å². The maximum atomic E-state index is 2.60. The quantitative estimate of drug-likeness (QED) is 0.166. The number of thiophene rings is 1. The number of nitrogens with zero attached hydrogens (tertiary/aromatic N) is 2. The molecule has 3 heterocycles. The molecule has 0 saturated heterocycles. The molecule has 0 spiro atoms. The summed E-state index contributed by atoms with van der Waals surface area (Å²) in [7, 11) is 0. The van der Waals surface area contributed by atoms with E-state index in [1.165, 1.54) is 69.8 Å². The third-order valence-electron chi connectivity index (χ3n) is 12.8. The van der Waals surface area contributed by atoms with Crippen LogP contribution in [0, 0.1) is 0 Å². The van der Waals surface area contributed by atoms with E-state index in [4.69, 9.17) is 0 Å². The van der Waals surface area contributed by atoms with Gasteiger partial charge in [-0.3, -0.25) is 0 Å². The third-order valence-corrected chi connectivity index (χ3v) is 15.5. The Kier molecular flexibility index (Phi) is 8.01. The summed E-state index contributed by atoms with van der Waals surface area (Å²) in [5.41, 5.74) is 13.6. The highest BCUT2D eigenvalue weighted by atomic mass is 32.2. The molecule has 0 N–H and O–H groups in total. The SMILES string of the molecule is CC12C=C(N(c3ccc(-c4ccccc4)cc3)c3ccc(C4C=CC=C5c6ccccc6SC54)cc3)C=CC1c1c(ccc3c1sc1ccccc13)N2c1ccccc1. The van der Waals surface area contributed by atoms with Gasteiger partial charge in [-0.15, -0.1) is 23.1 Å². The molecular formula is C55H40N2S2. The molecule has 0 fully saturated rings. The van der Waals surface area contributed by atoms with Crippen molar-refractivity contribution in [2.24, 2.45) is 0 Å². The fourth-order valence-corrected chi connectivity index (χ4v) is 12.9. The van der Waals surface area contributed by atoms with Crippen molar-refractivity contribution in [3.63, 3.8) is 0 Å². The van der Waals surface area contributed by atoms with Crippen LogP contribution in [0.5, 0.6) is 0 Å². The van der Waals surface area contributed by atoms with Gasteiger partial charge in [0.1, 0.15) is 0 Å². The second-order valence-corrected chi connectivity index (χ2v) is 18.4. The summed E-state index contributed by atoms with van der Waals surface area (Å²) in [5, 5.41) is 3.07. The third kappa shape index (κ3) is 5.47. The second kappa shape index (κ2) is 13.6. The van der Waals surface area contributed by atoms with Crippen LogP contribution < -0.4 is 9.80 Å². The van der Waals surface area contributed by atoms with Gasteiger partial charge in [-0.05, 0) is 101 Å². The Hall–Kier alpha value is -6.33. The minimum absolute atomic E-state index is 0.163. The van der Waals surface area contributed by atoms with Gasteiger partial charge in [-0.25, -0.2) is 0 Å². The van der Waals surface area contributed by atoms with E-state index in [2.05, 4.69) is 223 Å². The van der Waals surface area contributed by atoms with E-state index >= 15 is 0 Å². The van der Waals surface area contributed by atoms with Gasteiger partial charge in [-0.1, -0.05) is 140 Å². The van der Waals surface area contributed by atoms with E-state index in [1.54, 1.807) is 0 Å². The topological polar surface area (TPSA) is 6.48 Å². The van der Waals surface area contributed by atoms with Gasteiger partial charge in [0.2, 0.25) is 0 Å². The number of thioether (sulfide) groups is 1. The molecular weight excluding hydrogens is 753 g/mol. The smallest absolute Gasteiger partial charge is 0.0732 e. The van der Waals surface area contributed by atoms with Gasteiger partial charge < -0.3 is 9.80 Å². The molecule has 4 heteroatoms. The lowest BCUT2D eigenvalue weighted by Crippen LogP contribution is -2.43. The summed E-state index contributed by atoms with van der Waals surface area (Å²) in [5.74, 6) is 0.465. The minimum Gasteiger partial charge on any atom is -0.331 e. The van der Waals surface area contributed by atoms with E-state index < -0.39 is 0 Å². The Balaban J connectivity index is 0.980. The van der Waals surface area contributed by atoms with Crippen LogP contribution in [0.2, 0.25) is 0 Å². The fourth-order valence-electron chi connectivity index (χ4n) is 10.1. The first-order valence-electron chi connectivity index (χ1n) is 20.5. The minimum atomic E-state index is -0.370. The maximum absolute atomic E-state index is 2.60. The van der Waals surface area contributed by atoms with Crippen LogP contribution in [-0.2, 0) is 0 Å². The molecule has 8 aromatic rings. The van der Waals surface area contributed by atoms with Crippen molar-refractivity contribution in [3.8, 4) is 11.1 Å². The van der Waals surface area contributed by atoms with Gasteiger partial charge in [-0.2, -0.15) is 0 Å². The van der Waals surface area contributed by atoms with E-state index in [-0.39, 0.29) is 11.5 Å². The Bertz CT molecular complexity index is 3050. The zero-order valence-electron chi connectivity index (χ0n) is 32.6. The summed E-state index contributed by atoms with van der Waals surface area (Å²) in [4.78, 5) is 6.44. The van der Waals surface area contributed by atoms with Crippen LogP contribution in [0.1, 0.15) is 35.4 Å². The molecule has 4 unspecified atom stereocenters. The standard InChI is InChI=1S/C55H40N2S2/c1-55-35-42(31-33-48(55)52-49(57(55)41-15-6-3-7-16-41)34-32-47-45-18-9-11-22-51(45)59-54(47)52)56(39-27-23-37(24-28-39)36-13-4-2-5-14-36)40-29-25-38(26-30-40)43-19-12-20-46-44-17-8-10-21-50(44)58-53(43)46/h2-35,43,48,53H,1H3. The van der Waals surface area contributed by atoms with Crippen LogP contribution in [0.3, 0.4) is 0 Å². The Morgan fingerprint density at radius 1 is 0.627 bits per heavy atom. The summed E-state index contributed by atoms with van der Waals surface area (Å²) < 4.78 is 2.73. The largest absolute Gasteiger partial charge is 0.331 e. The second-order valence-electron chi connectivity index (χ2n) is 16.2. The van der Waals surface area contributed by atoms with Crippen LogP contribution in [0.25, 0.3) is 36.9 Å². The first kappa shape index (κ1) is 34.7. The van der Waals surface area contributed by atoms with E-state index in [1.807, 2.05) is 23.1 Å². The number of para-hydroxylation sites is 1. The van der Waals surface area contributed by atoms with Crippen molar-refractivity contribution >= 4 is 71.6 Å². The normalized spacial score (nSPS) is 21.2. The number of hydrogen-bond acceptors (Lipinski definition) is 4. The van der Waals surface area contributed by atoms with Gasteiger partial charge in [0.05, 0.1) is 5.54 Å². The molecule has 7 aromatic carbocycles. The molecule has 0 bridgehead atoms. The van der Waals surface area contributed by atoms with Gasteiger partial charge in [0, 0.05) is 76.2 Å².